The van der Waals surface area contributed by atoms with Crippen molar-refractivity contribution in [1.29, 1.82) is 0 Å². The van der Waals surface area contributed by atoms with Crippen molar-refractivity contribution in [3.63, 3.8) is 0 Å². The third-order valence-corrected chi connectivity index (χ3v) is 2.75. The van der Waals surface area contributed by atoms with Crippen LogP contribution in [0.5, 0.6) is 0 Å². The molecule has 4 nitrogen and oxygen atoms in total. The van der Waals surface area contributed by atoms with Gasteiger partial charge in [0.1, 0.15) is 5.52 Å². The number of hydrogen-bond donors (Lipinski definition) is 1. The summed E-state index contributed by atoms with van der Waals surface area (Å²) in [4.78, 5) is 0. The Morgan fingerprint density at radius 3 is 3.07 bits per heavy atom. The fraction of sp³-hybridized carbons (Fsp3) is 0. The summed E-state index contributed by atoms with van der Waals surface area (Å²) >= 11 is 1.40. The average molecular weight is 202 g/mol. The Bertz CT molecular complexity index is 555. The molecular formula is C9H6N4S. The second-order valence-corrected chi connectivity index (χ2v) is 3.67. The van der Waals surface area contributed by atoms with E-state index in [1.807, 2.05) is 24.3 Å². The van der Waals surface area contributed by atoms with Gasteiger partial charge in [0.2, 0.25) is 0 Å². The lowest BCUT2D eigenvalue weighted by molar-refractivity contribution is 1.09. The van der Waals surface area contributed by atoms with E-state index in [9.17, 15) is 0 Å². The smallest absolute Gasteiger partial charge is 0.115 e. The number of nitrogens with zero attached hydrogens (tertiary/aromatic N) is 3. The van der Waals surface area contributed by atoms with E-state index in [2.05, 4.69) is 19.8 Å². The van der Waals surface area contributed by atoms with Crippen molar-refractivity contribution in [2.24, 2.45) is 0 Å². The molecule has 0 saturated carbocycles. The predicted octanol–water partition coefficient (Wildman–Crippen LogP) is 2.08. The zero-order valence-electron chi connectivity index (χ0n) is 7.14. The zero-order chi connectivity index (χ0) is 9.38. The maximum atomic E-state index is 4.13. The van der Waals surface area contributed by atoms with Crippen LogP contribution in [-0.4, -0.2) is 19.8 Å². The highest BCUT2D eigenvalue weighted by Crippen LogP contribution is 2.26. The molecule has 5 heteroatoms. The van der Waals surface area contributed by atoms with E-state index in [0.29, 0.717) is 0 Å². The molecule has 0 aliphatic carbocycles. The molecule has 0 aliphatic heterocycles. The van der Waals surface area contributed by atoms with E-state index in [0.717, 1.165) is 21.5 Å². The van der Waals surface area contributed by atoms with E-state index < -0.39 is 0 Å². The standard InChI is InChI=1S/C9H6N4S/c1-2-6(7-4-5-10-11-7)9-8(3-1)14-13-12-9/h1-5H,(H,10,11). The summed E-state index contributed by atoms with van der Waals surface area (Å²) in [7, 11) is 0. The van der Waals surface area contributed by atoms with Gasteiger partial charge in [-0.2, -0.15) is 5.10 Å². The summed E-state index contributed by atoms with van der Waals surface area (Å²) in [6, 6.07) is 7.93. The summed E-state index contributed by atoms with van der Waals surface area (Å²) < 4.78 is 5.01. The fourth-order valence-electron chi connectivity index (χ4n) is 1.42. The molecule has 0 aliphatic rings. The Hall–Kier alpha value is -1.75. The second-order valence-electron chi connectivity index (χ2n) is 2.88. The van der Waals surface area contributed by atoms with E-state index in [1.54, 1.807) is 6.20 Å². The molecule has 0 spiro atoms. The minimum atomic E-state index is 0.906. The summed E-state index contributed by atoms with van der Waals surface area (Å²) in [6.07, 6.45) is 1.80. The Morgan fingerprint density at radius 1 is 1.21 bits per heavy atom. The van der Waals surface area contributed by atoms with Gasteiger partial charge in [-0.25, -0.2) is 0 Å². The Morgan fingerprint density at radius 2 is 2.21 bits per heavy atom. The maximum Gasteiger partial charge on any atom is 0.115 e. The van der Waals surface area contributed by atoms with Crippen molar-refractivity contribution < 1.29 is 0 Å². The molecule has 0 atom stereocenters. The largest absolute Gasteiger partial charge is 0.285 e. The molecule has 0 amide bonds. The molecule has 2 heterocycles. The van der Waals surface area contributed by atoms with Crippen LogP contribution in [0.25, 0.3) is 21.5 Å². The summed E-state index contributed by atoms with van der Waals surface area (Å²) in [5.41, 5.74) is 2.85. The van der Waals surface area contributed by atoms with Gasteiger partial charge in [0.05, 0.1) is 10.4 Å². The first-order valence-electron chi connectivity index (χ1n) is 4.16. The van der Waals surface area contributed by atoms with Crippen LogP contribution in [0.15, 0.2) is 30.5 Å². The topological polar surface area (TPSA) is 54.5 Å². The number of benzene rings is 1. The molecule has 1 aromatic carbocycles. The van der Waals surface area contributed by atoms with Crippen LogP contribution < -0.4 is 0 Å². The van der Waals surface area contributed by atoms with Crippen LogP contribution in [0, 0.1) is 0 Å². The number of aromatic amines is 1. The molecule has 2 aromatic heterocycles. The number of H-pyrrole nitrogens is 1. The van der Waals surface area contributed by atoms with Gasteiger partial charge in [-0.15, -0.1) is 5.10 Å². The highest BCUT2D eigenvalue weighted by atomic mass is 32.1. The van der Waals surface area contributed by atoms with Crippen molar-refractivity contribution in [2.45, 2.75) is 0 Å². The van der Waals surface area contributed by atoms with Gasteiger partial charge in [0, 0.05) is 11.8 Å². The fourth-order valence-corrected chi connectivity index (χ4v) is 2.01. The molecule has 3 aromatic rings. The van der Waals surface area contributed by atoms with Crippen LogP contribution in [0.1, 0.15) is 0 Å². The maximum absolute atomic E-state index is 4.13. The van der Waals surface area contributed by atoms with Gasteiger partial charge in [0.25, 0.3) is 0 Å². The van der Waals surface area contributed by atoms with Crippen molar-refractivity contribution in [3.8, 4) is 11.3 Å². The van der Waals surface area contributed by atoms with E-state index in [-0.39, 0.29) is 0 Å². The lowest BCUT2D eigenvalue weighted by Crippen LogP contribution is -1.80. The molecule has 0 saturated heterocycles. The molecule has 0 fully saturated rings. The van der Waals surface area contributed by atoms with Gasteiger partial charge in [-0.3, -0.25) is 5.10 Å². The van der Waals surface area contributed by atoms with Crippen LogP contribution in [0.2, 0.25) is 0 Å². The van der Waals surface area contributed by atoms with Gasteiger partial charge in [-0.05, 0) is 23.7 Å². The van der Waals surface area contributed by atoms with Crippen molar-refractivity contribution in [2.75, 3.05) is 0 Å². The highest BCUT2D eigenvalue weighted by molar-refractivity contribution is 7.13. The number of nitrogens with one attached hydrogen (secondary N) is 1. The molecule has 14 heavy (non-hydrogen) atoms. The van der Waals surface area contributed by atoms with Crippen LogP contribution in [0.3, 0.4) is 0 Å². The Kier molecular flexibility index (Phi) is 1.57. The number of hydrogen-bond acceptors (Lipinski definition) is 4. The molecule has 1 N–H and O–H groups in total. The zero-order valence-corrected chi connectivity index (χ0v) is 7.95. The summed E-state index contributed by atoms with van der Waals surface area (Å²) in [6.45, 7) is 0. The van der Waals surface area contributed by atoms with E-state index >= 15 is 0 Å². The summed E-state index contributed by atoms with van der Waals surface area (Å²) in [5.74, 6) is 0. The molecular weight excluding hydrogens is 196 g/mol. The quantitative estimate of drug-likeness (QED) is 0.657. The minimum Gasteiger partial charge on any atom is -0.285 e. The predicted molar refractivity (Wildman–Crippen MR) is 55.0 cm³/mol. The van der Waals surface area contributed by atoms with E-state index in [4.69, 9.17) is 0 Å². The van der Waals surface area contributed by atoms with Crippen LogP contribution in [0.4, 0.5) is 0 Å². The monoisotopic (exact) mass is 202 g/mol. The Labute approximate surface area is 83.8 Å². The van der Waals surface area contributed by atoms with Gasteiger partial charge in [-0.1, -0.05) is 16.6 Å². The van der Waals surface area contributed by atoms with Crippen molar-refractivity contribution in [3.05, 3.63) is 30.5 Å². The van der Waals surface area contributed by atoms with Crippen molar-refractivity contribution >= 4 is 21.7 Å². The third-order valence-electron chi connectivity index (χ3n) is 2.06. The molecule has 0 radical (unpaired) electrons. The molecule has 68 valence electrons. The first-order chi connectivity index (χ1) is 6.95. The number of rotatable bonds is 1. The van der Waals surface area contributed by atoms with E-state index in [1.165, 1.54) is 11.5 Å². The first-order valence-corrected chi connectivity index (χ1v) is 4.94. The second kappa shape index (κ2) is 2.88. The number of aromatic nitrogens is 4. The minimum absolute atomic E-state index is 0.906. The van der Waals surface area contributed by atoms with Crippen molar-refractivity contribution in [1.82, 2.24) is 19.8 Å². The first kappa shape index (κ1) is 7.64. The third kappa shape index (κ3) is 1.03. The SMILES string of the molecule is c1cc(-c2cc[nH]n2)c2nnsc2c1. The molecule has 0 bridgehead atoms. The van der Waals surface area contributed by atoms with Gasteiger partial charge >= 0.3 is 0 Å². The molecule has 3 rings (SSSR count). The normalized spacial score (nSPS) is 10.9. The van der Waals surface area contributed by atoms with Gasteiger partial charge < -0.3 is 0 Å². The van der Waals surface area contributed by atoms with Crippen LogP contribution >= 0.6 is 11.5 Å². The summed E-state index contributed by atoms with van der Waals surface area (Å²) in [5, 5.41) is 11.0. The molecule has 0 unspecified atom stereocenters. The lowest BCUT2D eigenvalue weighted by Gasteiger charge is -1.95. The Balaban J connectivity index is 2.36. The van der Waals surface area contributed by atoms with Gasteiger partial charge in [0.15, 0.2) is 0 Å². The lowest BCUT2D eigenvalue weighted by atomic mass is 10.1. The van der Waals surface area contributed by atoms with Crippen LogP contribution in [-0.2, 0) is 0 Å². The highest BCUT2D eigenvalue weighted by Gasteiger charge is 2.07. The number of fused-ring (bicyclic) bond motifs is 1. The average Bonchev–Trinajstić information content (AvgIpc) is 2.88.